The Kier molecular flexibility index (Phi) is 6.69. The summed E-state index contributed by atoms with van der Waals surface area (Å²) in [6.07, 6.45) is 1.79. The van der Waals surface area contributed by atoms with Crippen molar-refractivity contribution in [3.05, 3.63) is 97.3 Å². The first kappa shape index (κ1) is 22.6. The molecule has 0 aliphatic carbocycles. The zero-order chi connectivity index (χ0) is 22.8. The Morgan fingerprint density at radius 3 is 2.59 bits per heavy atom. The van der Waals surface area contributed by atoms with Crippen molar-refractivity contribution in [3.63, 3.8) is 0 Å². The number of carbonyl (C=O) groups is 1. The predicted octanol–water partition coefficient (Wildman–Crippen LogP) is 6.11. The van der Waals surface area contributed by atoms with E-state index in [1.807, 2.05) is 42.8 Å². The van der Waals surface area contributed by atoms with Crippen LogP contribution >= 0.6 is 39.1 Å². The minimum absolute atomic E-state index is 0.226. The number of carbonyl (C=O) groups excluding carboxylic acids is 1. The molecule has 0 unspecified atom stereocenters. The van der Waals surface area contributed by atoms with Crippen molar-refractivity contribution in [1.29, 1.82) is 0 Å². The van der Waals surface area contributed by atoms with E-state index in [-0.39, 0.29) is 5.91 Å². The normalized spacial score (nSPS) is 11.0. The van der Waals surface area contributed by atoms with E-state index in [9.17, 15) is 4.79 Å². The van der Waals surface area contributed by atoms with E-state index >= 15 is 0 Å². The third kappa shape index (κ3) is 5.06. The highest BCUT2D eigenvalue weighted by atomic mass is 79.9. The summed E-state index contributed by atoms with van der Waals surface area (Å²) in [4.78, 5) is 12.8. The molecule has 0 aliphatic heterocycles. The van der Waals surface area contributed by atoms with Crippen LogP contribution in [0, 0.1) is 13.8 Å². The molecule has 164 valence electrons. The first-order valence-electron chi connectivity index (χ1n) is 9.87. The van der Waals surface area contributed by atoms with Crippen molar-refractivity contribution in [2.75, 3.05) is 5.32 Å². The van der Waals surface area contributed by atoms with Gasteiger partial charge in [0, 0.05) is 27.9 Å². The number of hydrogen-bond acceptors (Lipinski definition) is 3. The topological polar surface area (TPSA) is 64.7 Å². The Balaban J connectivity index is 1.44. The lowest BCUT2D eigenvalue weighted by molar-refractivity contribution is 0.102. The highest BCUT2D eigenvalue weighted by Gasteiger charge is 2.12. The van der Waals surface area contributed by atoms with Crippen LogP contribution in [0.4, 0.5) is 5.82 Å². The average molecular weight is 533 g/mol. The monoisotopic (exact) mass is 531 g/mol. The molecule has 2 aromatic heterocycles. The fraction of sp³-hybridized carbons (Fsp3) is 0.174. The second-order valence-electron chi connectivity index (χ2n) is 7.43. The van der Waals surface area contributed by atoms with Crippen LogP contribution in [0.1, 0.15) is 32.9 Å². The van der Waals surface area contributed by atoms with Gasteiger partial charge in [-0.3, -0.25) is 14.2 Å². The third-order valence-electron chi connectivity index (χ3n) is 5.04. The number of anilines is 1. The van der Waals surface area contributed by atoms with Crippen LogP contribution in [0.3, 0.4) is 0 Å². The number of aromatic nitrogens is 4. The number of nitrogens with one attached hydrogen (secondary N) is 1. The number of aryl methyl sites for hydroxylation is 1. The zero-order valence-electron chi connectivity index (χ0n) is 17.4. The van der Waals surface area contributed by atoms with E-state index in [1.54, 1.807) is 35.1 Å². The van der Waals surface area contributed by atoms with Gasteiger partial charge in [0.25, 0.3) is 5.91 Å². The third-order valence-corrected chi connectivity index (χ3v) is 6.78. The molecule has 6 nitrogen and oxygen atoms in total. The summed E-state index contributed by atoms with van der Waals surface area (Å²) in [5.74, 6) is 0.240. The Morgan fingerprint density at radius 2 is 1.88 bits per heavy atom. The molecule has 2 heterocycles. The lowest BCUT2D eigenvalue weighted by Gasteiger charge is -2.08. The molecular formula is C23H20BrCl2N5O. The fourth-order valence-electron chi connectivity index (χ4n) is 3.34. The lowest BCUT2D eigenvalue weighted by atomic mass is 10.1. The number of benzene rings is 2. The summed E-state index contributed by atoms with van der Waals surface area (Å²) in [6, 6.07) is 14.6. The van der Waals surface area contributed by atoms with Gasteiger partial charge in [0.15, 0.2) is 5.82 Å². The molecule has 4 aromatic rings. The maximum absolute atomic E-state index is 12.8. The predicted molar refractivity (Wildman–Crippen MR) is 131 cm³/mol. The van der Waals surface area contributed by atoms with E-state index in [0.29, 0.717) is 34.5 Å². The molecule has 0 aliphatic rings. The molecule has 0 bridgehead atoms. The van der Waals surface area contributed by atoms with E-state index in [1.165, 1.54) is 0 Å². The smallest absolute Gasteiger partial charge is 0.256 e. The average Bonchev–Trinajstić information content (AvgIpc) is 3.30. The summed E-state index contributed by atoms with van der Waals surface area (Å²) in [5.41, 5.74) is 4.41. The van der Waals surface area contributed by atoms with Crippen LogP contribution in [-0.2, 0) is 13.1 Å². The zero-order valence-corrected chi connectivity index (χ0v) is 20.5. The van der Waals surface area contributed by atoms with E-state index in [0.717, 1.165) is 27.0 Å². The van der Waals surface area contributed by atoms with Gasteiger partial charge < -0.3 is 5.32 Å². The summed E-state index contributed by atoms with van der Waals surface area (Å²) in [6.45, 7) is 5.01. The van der Waals surface area contributed by atoms with E-state index < -0.39 is 0 Å². The largest absolute Gasteiger partial charge is 0.305 e. The molecule has 2 aromatic carbocycles. The molecule has 1 amide bonds. The van der Waals surface area contributed by atoms with Crippen molar-refractivity contribution in [2.45, 2.75) is 26.9 Å². The van der Waals surface area contributed by atoms with Crippen molar-refractivity contribution in [3.8, 4) is 0 Å². The second kappa shape index (κ2) is 9.48. The van der Waals surface area contributed by atoms with Crippen LogP contribution < -0.4 is 5.32 Å². The van der Waals surface area contributed by atoms with Gasteiger partial charge in [-0.2, -0.15) is 10.2 Å². The Morgan fingerprint density at radius 1 is 1.06 bits per heavy atom. The molecule has 0 saturated heterocycles. The molecule has 0 atom stereocenters. The van der Waals surface area contributed by atoms with Gasteiger partial charge in [0.05, 0.1) is 29.0 Å². The van der Waals surface area contributed by atoms with E-state index in [4.69, 9.17) is 23.2 Å². The Bertz CT molecular complexity index is 1300. The minimum atomic E-state index is -0.226. The highest BCUT2D eigenvalue weighted by Crippen LogP contribution is 2.23. The van der Waals surface area contributed by atoms with Crippen LogP contribution in [0.25, 0.3) is 0 Å². The van der Waals surface area contributed by atoms with Gasteiger partial charge in [-0.25, -0.2) is 0 Å². The molecule has 0 spiro atoms. The Labute approximate surface area is 204 Å². The van der Waals surface area contributed by atoms with Gasteiger partial charge in [0.1, 0.15) is 0 Å². The summed E-state index contributed by atoms with van der Waals surface area (Å²) in [7, 11) is 0. The SMILES string of the molecule is Cc1nn(Cc2cccc(C(=O)Nc3ccn(Cc4ccc(Cl)cc4Cl)n3)c2)c(C)c1Br. The van der Waals surface area contributed by atoms with Gasteiger partial charge in [-0.15, -0.1) is 0 Å². The van der Waals surface area contributed by atoms with Gasteiger partial charge in [-0.1, -0.05) is 41.4 Å². The molecule has 0 saturated carbocycles. The summed E-state index contributed by atoms with van der Waals surface area (Å²) < 4.78 is 4.63. The fourth-order valence-corrected chi connectivity index (χ4v) is 4.09. The van der Waals surface area contributed by atoms with Gasteiger partial charge in [0.2, 0.25) is 0 Å². The molecule has 4 rings (SSSR count). The molecule has 0 radical (unpaired) electrons. The number of nitrogens with zero attached hydrogens (tertiary/aromatic N) is 4. The molecule has 9 heteroatoms. The lowest BCUT2D eigenvalue weighted by Crippen LogP contribution is -2.14. The molecule has 0 fully saturated rings. The van der Waals surface area contributed by atoms with Crippen LogP contribution in [0.2, 0.25) is 10.0 Å². The minimum Gasteiger partial charge on any atom is -0.305 e. The highest BCUT2D eigenvalue weighted by molar-refractivity contribution is 9.10. The Hall–Kier alpha value is -2.61. The van der Waals surface area contributed by atoms with Gasteiger partial charge >= 0.3 is 0 Å². The molecule has 32 heavy (non-hydrogen) atoms. The summed E-state index contributed by atoms with van der Waals surface area (Å²) >= 11 is 15.7. The molecular weight excluding hydrogens is 513 g/mol. The number of hydrogen-bond donors (Lipinski definition) is 1. The number of halogens is 3. The molecule has 1 N–H and O–H groups in total. The summed E-state index contributed by atoms with van der Waals surface area (Å²) in [5, 5.41) is 13.0. The first-order chi connectivity index (χ1) is 15.3. The van der Waals surface area contributed by atoms with Crippen molar-refractivity contribution < 1.29 is 4.79 Å². The first-order valence-corrected chi connectivity index (χ1v) is 11.4. The number of amides is 1. The maximum atomic E-state index is 12.8. The van der Waals surface area contributed by atoms with Crippen molar-refractivity contribution in [1.82, 2.24) is 19.6 Å². The van der Waals surface area contributed by atoms with Crippen LogP contribution in [0.15, 0.2) is 59.2 Å². The van der Waals surface area contributed by atoms with Crippen LogP contribution in [-0.4, -0.2) is 25.5 Å². The van der Waals surface area contributed by atoms with Crippen molar-refractivity contribution >= 4 is 50.9 Å². The quantitative estimate of drug-likeness (QED) is 0.325. The van der Waals surface area contributed by atoms with E-state index in [2.05, 4.69) is 31.4 Å². The van der Waals surface area contributed by atoms with Gasteiger partial charge in [-0.05, 0) is 65.2 Å². The van der Waals surface area contributed by atoms with Crippen LogP contribution in [0.5, 0.6) is 0 Å². The maximum Gasteiger partial charge on any atom is 0.256 e. The standard InChI is InChI=1S/C23H20BrCl2N5O/c1-14-22(24)15(2)31(28-14)12-16-4-3-5-17(10-16)23(32)27-21-8-9-30(29-21)13-18-6-7-19(25)11-20(18)26/h3-11H,12-13H2,1-2H3,(H,27,29,32). The number of rotatable bonds is 6. The second-order valence-corrected chi connectivity index (χ2v) is 9.07. The van der Waals surface area contributed by atoms with Crippen molar-refractivity contribution in [2.24, 2.45) is 0 Å².